The highest BCUT2D eigenvalue weighted by molar-refractivity contribution is 7.79. The van der Waals surface area contributed by atoms with Crippen molar-refractivity contribution in [2.45, 2.75) is 4.90 Å². The molecule has 2 aromatic carbocycles. The third-order valence-electron chi connectivity index (χ3n) is 2.44. The lowest BCUT2D eigenvalue weighted by Crippen LogP contribution is -1.89. The van der Waals surface area contributed by atoms with Gasteiger partial charge >= 0.3 is 0 Å². The Morgan fingerprint density at radius 1 is 1.06 bits per heavy atom. The molecule has 17 heavy (non-hydrogen) atoms. The van der Waals surface area contributed by atoms with Crippen LogP contribution in [0, 0.1) is 0 Å². The summed E-state index contributed by atoms with van der Waals surface area (Å²) in [5.41, 5.74) is 1.85. The van der Waals surface area contributed by atoms with E-state index < -0.39 is 11.1 Å². The fourth-order valence-electron chi connectivity index (χ4n) is 1.59. The van der Waals surface area contributed by atoms with Gasteiger partial charge in [-0.3, -0.25) is 0 Å². The van der Waals surface area contributed by atoms with E-state index in [4.69, 9.17) is 9.29 Å². The summed E-state index contributed by atoms with van der Waals surface area (Å²) >= 11 is -1.95. The molecule has 0 amide bonds. The van der Waals surface area contributed by atoms with Gasteiger partial charge in [-0.05, 0) is 35.4 Å². The first kappa shape index (κ1) is 11.8. The Morgan fingerprint density at radius 2 is 1.71 bits per heavy atom. The van der Waals surface area contributed by atoms with Crippen LogP contribution in [0.1, 0.15) is 0 Å². The molecular formula is C13H12O3S. The Kier molecular flexibility index (Phi) is 3.56. The van der Waals surface area contributed by atoms with Crippen molar-refractivity contribution < 1.29 is 13.5 Å². The van der Waals surface area contributed by atoms with Gasteiger partial charge in [0.25, 0.3) is 0 Å². The second-order valence-corrected chi connectivity index (χ2v) is 4.48. The van der Waals surface area contributed by atoms with Crippen LogP contribution in [0.2, 0.25) is 0 Å². The first-order valence-corrected chi connectivity index (χ1v) is 6.17. The average molecular weight is 248 g/mol. The summed E-state index contributed by atoms with van der Waals surface area (Å²) in [4.78, 5) is 0.394. The Balaban J connectivity index is 2.45. The minimum atomic E-state index is -1.95. The van der Waals surface area contributed by atoms with E-state index in [-0.39, 0.29) is 0 Å². The zero-order valence-electron chi connectivity index (χ0n) is 9.29. The molecule has 0 spiro atoms. The van der Waals surface area contributed by atoms with Crippen LogP contribution in [0.5, 0.6) is 5.75 Å². The zero-order chi connectivity index (χ0) is 12.3. The fourth-order valence-corrected chi connectivity index (χ4v) is 2.01. The van der Waals surface area contributed by atoms with Crippen molar-refractivity contribution in [1.29, 1.82) is 0 Å². The Bertz CT molecular complexity index is 552. The van der Waals surface area contributed by atoms with Crippen LogP contribution in [0.4, 0.5) is 0 Å². The van der Waals surface area contributed by atoms with Crippen LogP contribution in [0.25, 0.3) is 11.1 Å². The maximum absolute atomic E-state index is 11.0. The van der Waals surface area contributed by atoms with Gasteiger partial charge < -0.3 is 9.29 Å². The maximum atomic E-state index is 11.0. The lowest BCUT2D eigenvalue weighted by Gasteiger charge is -2.05. The molecule has 1 unspecified atom stereocenters. The lowest BCUT2D eigenvalue weighted by atomic mass is 10.1. The molecule has 0 fully saturated rings. The molecule has 0 aromatic heterocycles. The van der Waals surface area contributed by atoms with E-state index in [1.54, 1.807) is 25.3 Å². The minimum absolute atomic E-state index is 0.394. The summed E-state index contributed by atoms with van der Waals surface area (Å²) in [5, 5.41) is 0. The molecule has 0 aliphatic carbocycles. The summed E-state index contributed by atoms with van der Waals surface area (Å²) in [7, 11) is 1.61. The van der Waals surface area contributed by atoms with E-state index in [1.807, 2.05) is 30.3 Å². The Labute approximate surface area is 102 Å². The van der Waals surface area contributed by atoms with Crippen LogP contribution >= 0.6 is 0 Å². The van der Waals surface area contributed by atoms with Crippen molar-refractivity contribution in [2.24, 2.45) is 0 Å². The second kappa shape index (κ2) is 5.12. The first-order valence-electron chi connectivity index (χ1n) is 5.06. The number of benzene rings is 2. The standard InChI is InChI=1S/C13H12O3S/c1-16-12-6-2-4-10(8-12)11-5-3-7-13(9-11)17(14)15/h2-9H,1H3,(H,14,15). The molecule has 0 aliphatic heterocycles. The van der Waals surface area contributed by atoms with Crippen LogP contribution in [-0.4, -0.2) is 15.9 Å². The van der Waals surface area contributed by atoms with E-state index in [1.165, 1.54) is 0 Å². The molecule has 0 saturated heterocycles. The summed E-state index contributed by atoms with van der Waals surface area (Å²) in [6.07, 6.45) is 0. The second-order valence-electron chi connectivity index (χ2n) is 3.51. The highest BCUT2D eigenvalue weighted by atomic mass is 32.2. The molecule has 2 aromatic rings. The van der Waals surface area contributed by atoms with Gasteiger partial charge in [0.15, 0.2) is 11.1 Å². The molecule has 0 bridgehead atoms. The number of rotatable bonds is 3. The van der Waals surface area contributed by atoms with Crippen molar-refractivity contribution in [3.8, 4) is 16.9 Å². The van der Waals surface area contributed by atoms with Gasteiger partial charge in [-0.15, -0.1) is 0 Å². The van der Waals surface area contributed by atoms with Crippen molar-refractivity contribution >= 4 is 11.1 Å². The quantitative estimate of drug-likeness (QED) is 0.849. The zero-order valence-corrected chi connectivity index (χ0v) is 10.1. The summed E-state index contributed by atoms with van der Waals surface area (Å²) in [5.74, 6) is 0.762. The number of methoxy groups -OCH3 is 1. The first-order chi connectivity index (χ1) is 8.20. The van der Waals surface area contributed by atoms with Crippen LogP contribution < -0.4 is 4.74 Å². The van der Waals surface area contributed by atoms with Crippen LogP contribution in [0.15, 0.2) is 53.4 Å². The van der Waals surface area contributed by atoms with Gasteiger partial charge in [-0.25, -0.2) is 4.21 Å². The van der Waals surface area contributed by atoms with E-state index in [9.17, 15) is 4.21 Å². The van der Waals surface area contributed by atoms with Crippen LogP contribution in [-0.2, 0) is 11.1 Å². The number of ether oxygens (including phenoxy) is 1. The van der Waals surface area contributed by atoms with Gasteiger partial charge in [0.2, 0.25) is 0 Å². The van der Waals surface area contributed by atoms with Crippen molar-refractivity contribution in [1.82, 2.24) is 0 Å². The average Bonchev–Trinajstić information content (AvgIpc) is 2.39. The molecule has 4 heteroatoms. The predicted octanol–water partition coefficient (Wildman–Crippen LogP) is 2.94. The molecule has 1 N–H and O–H groups in total. The normalized spacial score (nSPS) is 12.1. The van der Waals surface area contributed by atoms with Gasteiger partial charge in [0, 0.05) is 0 Å². The molecule has 0 heterocycles. The number of hydrogen-bond acceptors (Lipinski definition) is 2. The lowest BCUT2D eigenvalue weighted by molar-refractivity contribution is 0.415. The van der Waals surface area contributed by atoms with E-state index in [0.717, 1.165) is 16.9 Å². The molecule has 3 nitrogen and oxygen atoms in total. The topological polar surface area (TPSA) is 46.5 Å². The van der Waals surface area contributed by atoms with Gasteiger partial charge in [0.1, 0.15) is 5.75 Å². The summed E-state index contributed by atoms with van der Waals surface area (Å²) in [6, 6.07) is 14.5. The maximum Gasteiger partial charge on any atom is 0.186 e. The summed E-state index contributed by atoms with van der Waals surface area (Å²) in [6.45, 7) is 0. The Morgan fingerprint density at radius 3 is 2.35 bits per heavy atom. The van der Waals surface area contributed by atoms with Gasteiger partial charge in [0.05, 0.1) is 12.0 Å². The van der Waals surface area contributed by atoms with Gasteiger partial charge in [-0.1, -0.05) is 24.3 Å². The SMILES string of the molecule is COc1cccc(-c2cccc(S(=O)O)c2)c1. The predicted molar refractivity (Wildman–Crippen MR) is 67.5 cm³/mol. The molecule has 88 valence electrons. The summed E-state index contributed by atoms with van der Waals surface area (Å²) < 4.78 is 25.2. The van der Waals surface area contributed by atoms with Crippen molar-refractivity contribution in [2.75, 3.05) is 7.11 Å². The third-order valence-corrected chi connectivity index (χ3v) is 3.10. The monoisotopic (exact) mass is 248 g/mol. The highest BCUT2D eigenvalue weighted by Gasteiger charge is 2.03. The van der Waals surface area contributed by atoms with E-state index in [2.05, 4.69) is 0 Å². The van der Waals surface area contributed by atoms with E-state index in [0.29, 0.717) is 4.90 Å². The highest BCUT2D eigenvalue weighted by Crippen LogP contribution is 2.25. The van der Waals surface area contributed by atoms with Crippen molar-refractivity contribution in [3.05, 3.63) is 48.5 Å². The number of hydrogen-bond donors (Lipinski definition) is 1. The largest absolute Gasteiger partial charge is 0.497 e. The fraction of sp³-hybridized carbons (Fsp3) is 0.0769. The molecule has 0 radical (unpaired) electrons. The molecule has 2 rings (SSSR count). The molecule has 0 aliphatic rings. The molecule has 0 saturated carbocycles. The molecule has 1 atom stereocenters. The van der Waals surface area contributed by atoms with Gasteiger partial charge in [-0.2, -0.15) is 0 Å². The Hall–Kier alpha value is -1.65. The van der Waals surface area contributed by atoms with Crippen LogP contribution in [0.3, 0.4) is 0 Å². The third kappa shape index (κ3) is 2.72. The minimum Gasteiger partial charge on any atom is -0.497 e. The van der Waals surface area contributed by atoms with Crippen molar-refractivity contribution in [3.63, 3.8) is 0 Å². The molecular weight excluding hydrogens is 236 g/mol. The smallest absolute Gasteiger partial charge is 0.186 e. The van der Waals surface area contributed by atoms with E-state index >= 15 is 0 Å².